The van der Waals surface area contributed by atoms with Crippen molar-refractivity contribution in [3.05, 3.63) is 94.4 Å². The number of imidazole rings is 1. The van der Waals surface area contributed by atoms with Crippen LogP contribution < -0.4 is 15.4 Å². The number of pyridine rings is 1. The lowest BCUT2D eigenvalue weighted by atomic mass is 10.1. The van der Waals surface area contributed by atoms with Gasteiger partial charge in [0.25, 0.3) is 11.6 Å². The monoisotopic (exact) mass is 417 g/mol. The minimum Gasteiger partial charge on any atom is -0.487 e. The molecule has 2 aromatic carbocycles. The second kappa shape index (κ2) is 8.54. The van der Waals surface area contributed by atoms with Crippen LogP contribution in [0.4, 0.5) is 17.1 Å². The number of aromatic nitrogens is 2. The summed E-state index contributed by atoms with van der Waals surface area (Å²) in [5.41, 5.74) is 2.62. The molecule has 0 aliphatic carbocycles. The summed E-state index contributed by atoms with van der Waals surface area (Å²) in [6.45, 7) is 0.272. The molecule has 9 nitrogen and oxygen atoms in total. The molecule has 4 aromatic rings. The number of ether oxygens (including phenoxy) is 1. The van der Waals surface area contributed by atoms with E-state index in [4.69, 9.17) is 4.74 Å². The molecule has 0 aliphatic rings. The van der Waals surface area contributed by atoms with Crippen molar-refractivity contribution >= 4 is 28.6 Å². The van der Waals surface area contributed by atoms with Crippen molar-refractivity contribution in [3.8, 4) is 5.75 Å². The summed E-state index contributed by atoms with van der Waals surface area (Å²) in [5.74, 6) is 0.0910. The van der Waals surface area contributed by atoms with E-state index in [1.165, 1.54) is 18.2 Å². The Kier molecular flexibility index (Phi) is 5.48. The Balaban J connectivity index is 1.47. The molecule has 0 aliphatic heterocycles. The maximum atomic E-state index is 12.7. The average molecular weight is 417 g/mol. The third-order valence-corrected chi connectivity index (χ3v) is 4.62. The van der Waals surface area contributed by atoms with E-state index in [0.29, 0.717) is 17.1 Å². The van der Waals surface area contributed by atoms with Crippen molar-refractivity contribution in [1.82, 2.24) is 9.38 Å². The SMILES string of the molecule is CNc1ccc([N+](=O)[O-])cc1C(=O)Nc1cccc(OCc2cn3ccccc3n2)c1. The molecule has 1 amide bonds. The summed E-state index contributed by atoms with van der Waals surface area (Å²) >= 11 is 0. The van der Waals surface area contributed by atoms with Gasteiger partial charge in [0.15, 0.2) is 0 Å². The lowest BCUT2D eigenvalue weighted by Crippen LogP contribution is -2.14. The van der Waals surface area contributed by atoms with E-state index in [2.05, 4.69) is 15.6 Å². The van der Waals surface area contributed by atoms with Crippen LogP contribution in [0.2, 0.25) is 0 Å². The number of benzene rings is 2. The summed E-state index contributed by atoms with van der Waals surface area (Å²) < 4.78 is 7.73. The first-order chi connectivity index (χ1) is 15.0. The molecule has 0 saturated heterocycles. The molecule has 2 aromatic heterocycles. The van der Waals surface area contributed by atoms with E-state index in [0.717, 1.165) is 11.3 Å². The highest BCUT2D eigenvalue weighted by molar-refractivity contribution is 6.08. The van der Waals surface area contributed by atoms with Gasteiger partial charge in [0, 0.05) is 49.0 Å². The van der Waals surface area contributed by atoms with E-state index in [1.807, 2.05) is 35.0 Å². The van der Waals surface area contributed by atoms with Gasteiger partial charge in [-0.3, -0.25) is 14.9 Å². The molecule has 9 heteroatoms. The summed E-state index contributed by atoms with van der Waals surface area (Å²) in [7, 11) is 1.64. The Morgan fingerprint density at radius 3 is 2.81 bits per heavy atom. The number of carbonyl (C=O) groups excluding carboxylic acids is 1. The van der Waals surface area contributed by atoms with Crippen LogP contribution in [0.25, 0.3) is 5.65 Å². The topological polar surface area (TPSA) is 111 Å². The zero-order chi connectivity index (χ0) is 21.8. The van der Waals surface area contributed by atoms with Gasteiger partial charge in [-0.25, -0.2) is 4.98 Å². The van der Waals surface area contributed by atoms with Crippen molar-refractivity contribution in [1.29, 1.82) is 0 Å². The van der Waals surface area contributed by atoms with Gasteiger partial charge in [-0.05, 0) is 30.3 Å². The number of carbonyl (C=O) groups is 1. The lowest BCUT2D eigenvalue weighted by molar-refractivity contribution is -0.384. The minimum absolute atomic E-state index is 0.159. The molecular weight excluding hydrogens is 398 g/mol. The molecule has 0 spiro atoms. The predicted molar refractivity (Wildman–Crippen MR) is 117 cm³/mol. The van der Waals surface area contributed by atoms with Crippen LogP contribution in [0, 0.1) is 10.1 Å². The number of fused-ring (bicyclic) bond motifs is 1. The van der Waals surface area contributed by atoms with E-state index in [9.17, 15) is 14.9 Å². The first kappa shape index (κ1) is 19.9. The Morgan fingerprint density at radius 1 is 1.16 bits per heavy atom. The van der Waals surface area contributed by atoms with Gasteiger partial charge in [-0.2, -0.15) is 0 Å². The van der Waals surface area contributed by atoms with E-state index in [1.54, 1.807) is 31.3 Å². The van der Waals surface area contributed by atoms with Gasteiger partial charge in [0.05, 0.1) is 16.2 Å². The number of hydrogen-bond acceptors (Lipinski definition) is 6. The molecule has 0 saturated carbocycles. The summed E-state index contributed by atoms with van der Waals surface area (Å²) in [6, 6.07) is 16.8. The van der Waals surface area contributed by atoms with Crippen molar-refractivity contribution in [2.45, 2.75) is 6.61 Å². The van der Waals surface area contributed by atoms with Gasteiger partial charge in [-0.1, -0.05) is 12.1 Å². The number of nitro groups is 1. The number of nitro benzene ring substituents is 1. The van der Waals surface area contributed by atoms with E-state index < -0.39 is 10.8 Å². The van der Waals surface area contributed by atoms with Crippen LogP contribution in [-0.2, 0) is 6.61 Å². The van der Waals surface area contributed by atoms with Crippen molar-refractivity contribution < 1.29 is 14.5 Å². The Bertz CT molecular complexity index is 1230. The van der Waals surface area contributed by atoms with E-state index >= 15 is 0 Å². The zero-order valence-corrected chi connectivity index (χ0v) is 16.6. The molecule has 0 atom stereocenters. The first-order valence-corrected chi connectivity index (χ1v) is 9.46. The third kappa shape index (κ3) is 4.45. The number of rotatable bonds is 7. The third-order valence-electron chi connectivity index (χ3n) is 4.62. The average Bonchev–Trinajstić information content (AvgIpc) is 3.20. The van der Waals surface area contributed by atoms with Crippen molar-refractivity contribution in [3.63, 3.8) is 0 Å². The number of nitrogens with one attached hydrogen (secondary N) is 2. The van der Waals surface area contributed by atoms with Gasteiger partial charge < -0.3 is 19.8 Å². The highest BCUT2D eigenvalue weighted by Crippen LogP contribution is 2.24. The Labute approximate surface area is 177 Å². The van der Waals surface area contributed by atoms with Crippen LogP contribution in [0.15, 0.2) is 73.1 Å². The standard InChI is InChI=1S/C22H19N5O4/c1-23-20-9-8-17(27(29)30)12-19(20)22(28)25-15-5-4-6-18(11-15)31-14-16-13-26-10-3-2-7-21(26)24-16/h2-13,23H,14H2,1H3,(H,25,28). The van der Waals surface area contributed by atoms with Crippen LogP contribution in [-0.4, -0.2) is 27.3 Å². The molecule has 31 heavy (non-hydrogen) atoms. The van der Waals surface area contributed by atoms with Crippen LogP contribution >= 0.6 is 0 Å². The van der Waals surface area contributed by atoms with Crippen LogP contribution in [0.5, 0.6) is 5.75 Å². The molecule has 156 valence electrons. The molecule has 4 rings (SSSR count). The summed E-state index contributed by atoms with van der Waals surface area (Å²) in [6.07, 6.45) is 3.80. The number of nitrogens with zero attached hydrogens (tertiary/aromatic N) is 3. The molecular formula is C22H19N5O4. The molecule has 0 bridgehead atoms. The Morgan fingerprint density at radius 2 is 2.03 bits per heavy atom. The van der Waals surface area contributed by atoms with E-state index in [-0.39, 0.29) is 17.9 Å². The number of anilines is 2. The predicted octanol–water partition coefficient (Wildman–Crippen LogP) is 4.12. The molecule has 2 N–H and O–H groups in total. The number of non-ortho nitro benzene ring substituents is 1. The molecule has 0 radical (unpaired) electrons. The molecule has 2 heterocycles. The van der Waals surface area contributed by atoms with Crippen LogP contribution in [0.3, 0.4) is 0 Å². The van der Waals surface area contributed by atoms with Gasteiger partial charge >= 0.3 is 0 Å². The fourth-order valence-corrected chi connectivity index (χ4v) is 3.13. The first-order valence-electron chi connectivity index (χ1n) is 9.46. The highest BCUT2D eigenvalue weighted by Gasteiger charge is 2.16. The number of hydrogen-bond donors (Lipinski definition) is 2. The second-order valence-corrected chi connectivity index (χ2v) is 6.71. The quantitative estimate of drug-likeness (QED) is 0.346. The van der Waals surface area contributed by atoms with Gasteiger partial charge in [0.1, 0.15) is 18.0 Å². The summed E-state index contributed by atoms with van der Waals surface area (Å²) in [4.78, 5) is 27.7. The van der Waals surface area contributed by atoms with Crippen LogP contribution in [0.1, 0.15) is 16.1 Å². The largest absolute Gasteiger partial charge is 0.487 e. The van der Waals surface area contributed by atoms with Gasteiger partial charge in [0.2, 0.25) is 0 Å². The van der Waals surface area contributed by atoms with Gasteiger partial charge in [-0.15, -0.1) is 0 Å². The Hall–Kier alpha value is -4.40. The summed E-state index contributed by atoms with van der Waals surface area (Å²) in [5, 5.41) is 16.7. The lowest BCUT2D eigenvalue weighted by Gasteiger charge is -2.11. The smallest absolute Gasteiger partial charge is 0.270 e. The van der Waals surface area contributed by atoms with Crippen molar-refractivity contribution in [2.75, 3.05) is 17.7 Å². The normalized spacial score (nSPS) is 10.6. The fraction of sp³-hybridized carbons (Fsp3) is 0.0909. The fourth-order valence-electron chi connectivity index (χ4n) is 3.13. The molecule has 0 unspecified atom stereocenters. The maximum Gasteiger partial charge on any atom is 0.270 e. The second-order valence-electron chi connectivity index (χ2n) is 6.71. The zero-order valence-electron chi connectivity index (χ0n) is 16.6. The minimum atomic E-state index is -0.538. The number of amides is 1. The van der Waals surface area contributed by atoms with Crippen molar-refractivity contribution in [2.24, 2.45) is 0 Å². The highest BCUT2D eigenvalue weighted by atomic mass is 16.6. The maximum absolute atomic E-state index is 12.7. The molecule has 0 fully saturated rings.